The highest BCUT2D eigenvalue weighted by atomic mass is 16.1. The van der Waals surface area contributed by atoms with Gasteiger partial charge in [-0.2, -0.15) is 0 Å². The number of hydrogen-bond donors (Lipinski definition) is 1. The molecule has 0 unspecified atom stereocenters. The van der Waals surface area contributed by atoms with Gasteiger partial charge < -0.3 is 5.32 Å². The molecule has 1 saturated heterocycles. The molecule has 1 aliphatic rings. The maximum atomic E-state index is 12.8. The molecule has 166 valence electrons. The summed E-state index contributed by atoms with van der Waals surface area (Å²) in [7, 11) is 0. The minimum Gasteiger partial charge on any atom is -0.322 e. The van der Waals surface area contributed by atoms with Crippen molar-refractivity contribution in [3.05, 3.63) is 70.9 Å². The molecule has 0 aliphatic carbocycles. The number of carbonyl (C=O) groups excluding carboxylic acids is 2. The lowest BCUT2D eigenvalue weighted by atomic mass is 10.0. The van der Waals surface area contributed by atoms with Crippen LogP contribution in [0.5, 0.6) is 0 Å². The summed E-state index contributed by atoms with van der Waals surface area (Å²) in [6.45, 7) is 7.32. The van der Waals surface area contributed by atoms with Crippen molar-refractivity contribution >= 4 is 28.3 Å². The van der Waals surface area contributed by atoms with E-state index in [1.807, 2.05) is 25.3 Å². The Morgan fingerprint density at radius 2 is 1.75 bits per heavy atom. The minimum absolute atomic E-state index is 0.124. The summed E-state index contributed by atoms with van der Waals surface area (Å²) in [5.41, 5.74) is 5.03. The fraction of sp³-hybridized carbons (Fsp3) is 0.370. The number of rotatable bonds is 8. The molecule has 3 aromatic rings. The van der Waals surface area contributed by atoms with Gasteiger partial charge in [-0.3, -0.25) is 19.5 Å². The highest BCUT2D eigenvalue weighted by Gasteiger charge is 2.14. The highest BCUT2D eigenvalue weighted by molar-refractivity contribution is 6.06. The summed E-state index contributed by atoms with van der Waals surface area (Å²) in [5, 5.41) is 4.09. The number of aryl methyl sites for hydroxylation is 1. The number of hydrogen-bond acceptors (Lipinski definition) is 4. The highest BCUT2D eigenvalue weighted by Crippen LogP contribution is 2.26. The first-order valence-corrected chi connectivity index (χ1v) is 11.6. The number of ketones is 1. The van der Waals surface area contributed by atoms with Gasteiger partial charge >= 0.3 is 0 Å². The maximum absolute atomic E-state index is 12.8. The van der Waals surface area contributed by atoms with Crippen LogP contribution in [0, 0.1) is 6.92 Å². The predicted octanol–water partition coefficient (Wildman–Crippen LogP) is 5.76. The number of benzene rings is 2. The number of aromatic nitrogens is 1. The number of anilines is 1. The zero-order chi connectivity index (χ0) is 22.5. The van der Waals surface area contributed by atoms with Crippen LogP contribution in [-0.2, 0) is 6.54 Å². The van der Waals surface area contributed by atoms with Crippen LogP contribution in [0.4, 0.5) is 5.69 Å². The quantitative estimate of drug-likeness (QED) is 0.462. The van der Waals surface area contributed by atoms with Gasteiger partial charge in [-0.25, -0.2) is 0 Å². The van der Waals surface area contributed by atoms with Crippen LogP contribution in [0.15, 0.2) is 48.7 Å². The Morgan fingerprint density at radius 1 is 1.03 bits per heavy atom. The molecule has 5 heteroatoms. The van der Waals surface area contributed by atoms with Crippen LogP contribution in [0.25, 0.3) is 10.9 Å². The molecule has 5 nitrogen and oxygen atoms in total. The van der Waals surface area contributed by atoms with Crippen molar-refractivity contribution in [3.63, 3.8) is 0 Å². The molecule has 1 fully saturated rings. The van der Waals surface area contributed by atoms with Crippen molar-refractivity contribution in [1.82, 2.24) is 9.88 Å². The van der Waals surface area contributed by atoms with E-state index in [9.17, 15) is 9.59 Å². The Morgan fingerprint density at radius 3 is 2.47 bits per heavy atom. The fourth-order valence-electron chi connectivity index (χ4n) is 4.30. The van der Waals surface area contributed by atoms with Crippen LogP contribution in [-0.4, -0.2) is 34.7 Å². The molecular weight excluding hydrogens is 398 g/mol. The first-order valence-electron chi connectivity index (χ1n) is 11.6. The number of pyridine rings is 1. The standard InChI is InChI=1S/C27H31N3O2/c1-3-4-7-25(31)21-8-10-22(11-9-21)27(32)29-24-13-12-23-16-20(17-28-26(23)19(24)2)18-30-14-5-6-15-30/h8-13,16-17H,3-7,14-15,18H2,1-2H3,(H,29,32). The maximum Gasteiger partial charge on any atom is 0.255 e. The average molecular weight is 430 g/mol. The molecule has 1 N–H and O–H groups in total. The monoisotopic (exact) mass is 429 g/mol. The molecule has 0 bridgehead atoms. The zero-order valence-electron chi connectivity index (χ0n) is 19.0. The van der Waals surface area contributed by atoms with E-state index in [0.717, 1.165) is 54.6 Å². The van der Waals surface area contributed by atoms with Crippen LogP contribution in [0.2, 0.25) is 0 Å². The molecule has 2 aromatic carbocycles. The van der Waals surface area contributed by atoms with Gasteiger partial charge in [-0.15, -0.1) is 0 Å². The lowest BCUT2D eigenvalue weighted by Gasteiger charge is -2.15. The van der Waals surface area contributed by atoms with Gasteiger partial charge in [-0.1, -0.05) is 31.5 Å². The number of likely N-dealkylation sites (tertiary alicyclic amines) is 1. The van der Waals surface area contributed by atoms with Gasteiger partial charge in [0.1, 0.15) is 0 Å². The summed E-state index contributed by atoms with van der Waals surface area (Å²) in [5.74, 6) is -0.0648. The first kappa shape index (κ1) is 22.2. The number of unbranched alkanes of at least 4 members (excludes halogenated alkanes) is 1. The van der Waals surface area contributed by atoms with Crippen molar-refractivity contribution in [1.29, 1.82) is 0 Å². The second kappa shape index (κ2) is 10.0. The van der Waals surface area contributed by atoms with Crippen LogP contribution < -0.4 is 5.32 Å². The van der Waals surface area contributed by atoms with E-state index in [2.05, 4.69) is 23.2 Å². The number of fused-ring (bicyclic) bond motifs is 1. The molecule has 0 spiro atoms. The number of nitrogens with one attached hydrogen (secondary N) is 1. The first-order chi connectivity index (χ1) is 15.5. The topological polar surface area (TPSA) is 62.3 Å². The molecule has 4 rings (SSSR count). The lowest BCUT2D eigenvalue weighted by molar-refractivity contribution is 0.0977. The predicted molar refractivity (Wildman–Crippen MR) is 129 cm³/mol. The van der Waals surface area contributed by atoms with Crippen LogP contribution in [0.3, 0.4) is 0 Å². The Kier molecular flexibility index (Phi) is 6.96. The summed E-state index contributed by atoms with van der Waals surface area (Å²) in [4.78, 5) is 32.1. The summed E-state index contributed by atoms with van der Waals surface area (Å²) in [6, 6.07) is 13.1. The summed E-state index contributed by atoms with van der Waals surface area (Å²) in [6.07, 6.45) is 6.93. The van der Waals surface area contributed by atoms with Gasteiger partial charge in [0.2, 0.25) is 0 Å². The van der Waals surface area contributed by atoms with Crippen LogP contribution >= 0.6 is 0 Å². The number of Topliss-reactive ketones (excluding diaryl/α,β-unsaturated/α-hetero) is 1. The van der Waals surface area contributed by atoms with Gasteiger partial charge in [0.05, 0.1) is 5.52 Å². The van der Waals surface area contributed by atoms with Gasteiger partial charge in [0.25, 0.3) is 5.91 Å². The molecule has 1 aliphatic heterocycles. The van der Waals surface area contributed by atoms with Crippen molar-refractivity contribution in [3.8, 4) is 0 Å². The van der Waals surface area contributed by atoms with E-state index >= 15 is 0 Å². The molecular formula is C27H31N3O2. The Labute approximate surface area is 189 Å². The van der Waals surface area contributed by atoms with Crippen molar-refractivity contribution in [2.24, 2.45) is 0 Å². The normalized spacial score (nSPS) is 14.1. The second-order valence-corrected chi connectivity index (χ2v) is 8.69. The van der Waals surface area contributed by atoms with Gasteiger partial charge in [0, 0.05) is 41.4 Å². The van der Waals surface area contributed by atoms with Crippen molar-refractivity contribution < 1.29 is 9.59 Å². The molecule has 2 heterocycles. The minimum atomic E-state index is -0.189. The van der Waals surface area contributed by atoms with Gasteiger partial charge in [-0.05, 0) is 74.7 Å². The number of carbonyl (C=O) groups is 2. The average Bonchev–Trinajstić information content (AvgIpc) is 3.32. The summed E-state index contributed by atoms with van der Waals surface area (Å²) < 4.78 is 0. The fourth-order valence-corrected chi connectivity index (χ4v) is 4.30. The molecule has 0 saturated carbocycles. The number of nitrogens with zero attached hydrogens (tertiary/aromatic N) is 2. The lowest BCUT2D eigenvalue weighted by Crippen LogP contribution is -2.18. The molecule has 1 amide bonds. The van der Waals surface area contributed by atoms with E-state index in [0.29, 0.717) is 17.5 Å². The van der Waals surface area contributed by atoms with E-state index in [4.69, 9.17) is 4.98 Å². The Bertz CT molecular complexity index is 1120. The van der Waals surface area contributed by atoms with Crippen molar-refractivity contribution in [2.75, 3.05) is 18.4 Å². The SMILES string of the molecule is CCCCC(=O)c1ccc(C(=O)Nc2ccc3cc(CN4CCCC4)cnc3c2C)cc1. The van der Waals surface area contributed by atoms with Crippen LogP contribution in [0.1, 0.15) is 70.9 Å². The molecule has 0 radical (unpaired) electrons. The third-order valence-corrected chi connectivity index (χ3v) is 6.24. The third-order valence-electron chi connectivity index (χ3n) is 6.24. The van der Waals surface area contributed by atoms with E-state index < -0.39 is 0 Å². The number of amides is 1. The smallest absolute Gasteiger partial charge is 0.255 e. The zero-order valence-corrected chi connectivity index (χ0v) is 19.0. The largest absolute Gasteiger partial charge is 0.322 e. The Balaban J connectivity index is 1.46. The van der Waals surface area contributed by atoms with E-state index in [1.54, 1.807) is 24.3 Å². The second-order valence-electron chi connectivity index (χ2n) is 8.69. The van der Waals surface area contributed by atoms with E-state index in [1.165, 1.54) is 18.4 Å². The molecule has 1 aromatic heterocycles. The third kappa shape index (κ3) is 5.05. The molecule has 0 atom stereocenters. The van der Waals surface area contributed by atoms with Crippen molar-refractivity contribution in [2.45, 2.75) is 52.5 Å². The van der Waals surface area contributed by atoms with Gasteiger partial charge in [0.15, 0.2) is 5.78 Å². The summed E-state index contributed by atoms with van der Waals surface area (Å²) >= 11 is 0. The molecule has 32 heavy (non-hydrogen) atoms. The van der Waals surface area contributed by atoms with E-state index in [-0.39, 0.29) is 11.7 Å². The Hall–Kier alpha value is -3.05.